The number of ether oxygens (including phenoxy) is 3. The minimum absolute atomic E-state index is 0.0351. The first-order valence-corrected chi connectivity index (χ1v) is 9.31. The second kappa shape index (κ2) is 7.23. The third kappa shape index (κ3) is 3.51. The highest BCUT2D eigenvalue weighted by molar-refractivity contribution is 5.51. The summed E-state index contributed by atoms with van der Waals surface area (Å²) in [5.41, 5.74) is 2.54. The summed E-state index contributed by atoms with van der Waals surface area (Å²) in [6.07, 6.45) is 2.09. The lowest BCUT2D eigenvalue weighted by Gasteiger charge is -2.32. The standard InChI is InChI=1S/C20H25N3O4/c1-12-13(2)21-19(22-20(12)24)14-5-4-6-23(9-14)10-15-7-17-18(27-11-26-17)8-16(15)25-3/h7-8,14H,4-6,9-11H2,1-3H3,(H,21,22,24). The van der Waals surface area contributed by atoms with E-state index in [1.807, 2.05) is 26.0 Å². The number of methoxy groups -OCH3 is 1. The number of H-pyrrole nitrogens is 1. The predicted octanol–water partition coefficient (Wildman–Crippen LogP) is 2.50. The number of piperidine rings is 1. The van der Waals surface area contributed by atoms with Crippen molar-refractivity contribution in [3.63, 3.8) is 0 Å². The maximum atomic E-state index is 12.1. The van der Waals surface area contributed by atoms with Crippen molar-refractivity contribution in [2.45, 2.75) is 39.2 Å². The Labute approximate surface area is 158 Å². The normalized spacial score (nSPS) is 19.3. The van der Waals surface area contributed by atoms with Gasteiger partial charge in [-0.3, -0.25) is 9.69 Å². The Morgan fingerprint density at radius 3 is 2.81 bits per heavy atom. The molecule has 3 heterocycles. The molecular weight excluding hydrogens is 346 g/mol. The lowest BCUT2D eigenvalue weighted by Crippen LogP contribution is -2.35. The Hall–Kier alpha value is -2.54. The van der Waals surface area contributed by atoms with E-state index < -0.39 is 0 Å². The van der Waals surface area contributed by atoms with E-state index in [2.05, 4.69) is 14.9 Å². The van der Waals surface area contributed by atoms with Gasteiger partial charge < -0.3 is 19.2 Å². The van der Waals surface area contributed by atoms with Gasteiger partial charge in [-0.1, -0.05) is 0 Å². The molecule has 0 radical (unpaired) electrons. The number of nitrogens with zero attached hydrogens (tertiary/aromatic N) is 2. The Morgan fingerprint density at radius 1 is 1.30 bits per heavy atom. The molecule has 7 heteroatoms. The van der Waals surface area contributed by atoms with E-state index in [0.717, 1.165) is 66.8 Å². The first kappa shape index (κ1) is 17.9. The number of hydrogen-bond donors (Lipinski definition) is 1. The SMILES string of the molecule is COc1cc2c(cc1CN1CCCC(c3nc(C)c(C)c(=O)[nH]3)C1)OCO2. The Morgan fingerprint density at radius 2 is 2.07 bits per heavy atom. The molecule has 1 N–H and O–H groups in total. The Kier molecular flexibility index (Phi) is 4.78. The zero-order valence-corrected chi connectivity index (χ0v) is 16.0. The number of benzene rings is 1. The van der Waals surface area contributed by atoms with Crippen LogP contribution in [0, 0.1) is 13.8 Å². The minimum Gasteiger partial charge on any atom is -0.496 e. The molecule has 2 aliphatic rings. The summed E-state index contributed by atoms with van der Waals surface area (Å²) in [6, 6.07) is 3.89. The van der Waals surface area contributed by atoms with E-state index in [-0.39, 0.29) is 18.3 Å². The molecule has 1 unspecified atom stereocenters. The molecule has 144 valence electrons. The number of rotatable bonds is 4. The van der Waals surface area contributed by atoms with Crippen LogP contribution in [0.25, 0.3) is 0 Å². The van der Waals surface area contributed by atoms with Gasteiger partial charge in [0.1, 0.15) is 11.6 Å². The van der Waals surface area contributed by atoms with Crippen LogP contribution in [0.5, 0.6) is 17.2 Å². The van der Waals surface area contributed by atoms with Gasteiger partial charge in [0.2, 0.25) is 6.79 Å². The molecule has 0 spiro atoms. The monoisotopic (exact) mass is 371 g/mol. The molecule has 7 nitrogen and oxygen atoms in total. The number of likely N-dealkylation sites (tertiary alicyclic amines) is 1. The highest BCUT2D eigenvalue weighted by Gasteiger charge is 2.26. The lowest BCUT2D eigenvalue weighted by molar-refractivity contribution is 0.173. The van der Waals surface area contributed by atoms with Crippen LogP contribution in [-0.2, 0) is 6.54 Å². The van der Waals surface area contributed by atoms with Crippen molar-refractivity contribution >= 4 is 0 Å². The number of nitrogens with one attached hydrogen (secondary N) is 1. The lowest BCUT2D eigenvalue weighted by atomic mass is 9.96. The van der Waals surface area contributed by atoms with Crippen LogP contribution < -0.4 is 19.8 Å². The van der Waals surface area contributed by atoms with E-state index >= 15 is 0 Å². The van der Waals surface area contributed by atoms with E-state index in [0.29, 0.717) is 5.56 Å². The number of aryl methyl sites for hydroxylation is 1. The molecule has 0 bridgehead atoms. The van der Waals surface area contributed by atoms with Gasteiger partial charge in [0, 0.05) is 41.9 Å². The fourth-order valence-electron chi connectivity index (χ4n) is 3.80. The van der Waals surface area contributed by atoms with Crippen molar-refractivity contribution < 1.29 is 14.2 Å². The number of aromatic amines is 1. The van der Waals surface area contributed by atoms with Gasteiger partial charge >= 0.3 is 0 Å². The molecule has 1 aromatic heterocycles. The van der Waals surface area contributed by atoms with Gasteiger partial charge in [-0.2, -0.15) is 0 Å². The first-order valence-electron chi connectivity index (χ1n) is 9.31. The smallest absolute Gasteiger partial charge is 0.254 e. The second-order valence-corrected chi connectivity index (χ2v) is 7.25. The van der Waals surface area contributed by atoms with Gasteiger partial charge in [-0.25, -0.2) is 4.98 Å². The van der Waals surface area contributed by atoms with Crippen LogP contribution in [0.3, 0.4) is 0 Å². The number of fused-ring (bicyclic) bond motifs is 1. The van der Waals surface area contributed by atoms with Crippen molar-refractivity contribution in [1.29, 1.82) is 0 Å². The molecule has 2 aromatic rings. The van der Waals surface area contributed by atoms with Crippen LogP contribution in [0.1, 0.15) is 41.4 Å². The molecular formula is C20H25N3O4. The van der Waals surface area contributed by atoms with Gasteiger partial charge in [0.25, 0.3) is 5.56 Å². The van der Waals surface area contributed by atoms with Crippen molar-refractivity contribution in [3.05, 3.63) is 45.1 Å². The molecule has 1 aromatic carbocycles. The summed E-state index contributed by atoms with van der Waals surface area (Å²) in [7, 11) is 1.67. The highest BCUT2D eigenvalue weighted by atomic mass is 16.7. The van der Waals surface area contributed by atoms with Crippen LogP contribution in [0.2, 0.25) is 0 Å². The summed E-state index contributed by atoms with van der Waals surface area (Å²) in [5, 5.41) is 0. The zero-order valence-electron chi connectivity index (χ0n) is 16.0. The third-order valence-electron chi connectivity index (χ3n) is 5.47. The van der Waals surface area contributed by atoms with E-state index in [4.69, 9.17) is 14.2 Å². The summed E-state index contributed by atoms with van der Waals surface area (Å²) in [4.78, 5) is 22.1. The first-order chi connectivity index (χ1) is 13.0. The second-order valence-electron chi connectivity index (χ2n) is 7.25. The van der Waals surface area contributed by atoms with Crippen LogP contribution in [-0.4, -0.2) is 41.9 Å². The van der Waals surface area contributed by atoms with E-state index in [9.17, 15) is 4.79 Å². The van der Waals surface area contributed by atoms with Crippen molar-refractivity contribution in [2.75, 3.05) is 27.0 Å². The van der Waals surface area contributed by atoms with Crippen LogP contribution in [0.4, 0.5) is 0 Å². The quantitative estimate of drug-likeness (QED) is 0.890. The summed E-state index contributed by atoms with van der Waals surface area (Å²) in [5.74, 6) is 3.32. The van der Waals surface area contributed by atoms with Gasteiger partial charge in [-0.15, -0.1) is 0 Å². The Balaban J connectivity index is 1.53. The molecule has 0 saturated carbocycles. The molecule has 1 fully saturated rings. The van der Waals surface area contributed by atoms with E-state index in [1.165, 1.54) is 0 Å². The van der Waals surface area contributed by atoms with Crippen molar-refractivity contribution in [3.8, 4) is 17.2 Å². The summed E-state index contributed by atoms with van der Waals surface area (Å²) in [6.45, 7) is 6.56. The average Bonchev–Trinajstić information content (AvgIpc) is 3.12. The topological polar surface area (TPSA) is 76.7 Å². The predicted molar refractivity (Wildman–Crippen MR) is 101 cm³/mol. The Bertz CT molecular complexity index is 909. The van der Waals surface area contributed by atoms with Crippen molar-refractivity contribution in [2.24, 2.45) is 0 Å². The molecule has 2 aliphatic heterocycles. The van der Waals surface area contributed by atoms with Crippen molar-refractivity contribution in [1.82, 2.24) is 14.9 Å². The van der Waals surface area contributed by atoms with Gasteiger partial charge in [-0.05, 0) is 39.3 Å². The number of aromatic nitrogens is 2. The molecule has 0 aliphatic carbocycles. The van der Waals surface area contributed by atoms with E-state index in [1.54, 1.807) is 7.11 Å². The third-order valence-corrected chi connectivity index (χ3v) is 5.47. The molecule has 0 amide bonds. The minimum atomic E-state index is -0.0351. The fraction of sp³-hybridized carbons (Fsp3) is 0.500. The fourth-order valence-corrected chi connectivity index (χ4v) is 3.80. The highest BCUT2D eigenvalue weighted by Crippen LogP contribution is 2.39. The van der Waals surface area contributed by atoms with Gasteiger partial charge in [0.15, 0.2) is 11.5 Å². The molecule has 27 heavy (non-hydrogen) atoms. The van der Waals surface area contributed by atoms with Gasteiger partial charge in [0.05, 0.1) is 7.11 Å². The summed E-state index contributed by atoms with van der Waals surface area (Å²) < 4.78 is 16.5. The molecule has 1 saturated heterocycles. The number of hydrogen-bond acceptors (Lipinski definition) is 6. The maximum absolute atomic E-state index is 12.1. The largest absolute Gasteiger partial charge is 0.496 e. The van der Waals surface area contributed by atoms with Crippen LogP contribution in [0.15, 0.2) is 16.9 Å². The molecule has 1 atom stereocenters. The van der Waals surface area contributed by atoms with Crippen LogP contribution >= 0.6 is 0 Å². The zero-order chi connectivity index (χ0) is 19.0. The summed E-state index contributed by atoms with van der Waals surface area (Å²) >= 11 is 0. The maximum Gasteiger partial charge on any atom is 0.254 e. The molecule has 4 rings (SSSR count). The average molecular weight is 371 g/mol.